The Morgan fingerprint density at radius 2 is 2.00 bits per heavy atom. The molecule has 7 nitrogen and oxygen atoms in total. The molecule has 0 bridgehead atoms. The molecule has 0 spiro atoms. The van der Waals surface area contributed by atoms with Crippen LogP contribution in [0.2, 0.25) is 0 Å². The third kappa shape index (κ3) is 4.34. The van der Waals surface area contributed by atoms with Crippen LogP contribution in [0.25, 0.3) is 11.1 Å². The molecule has 1 amide bonds. The first-order valence-corrected chi connectivity index (χ1v) is 10.1. The summed E-state index contributed by atoms with van der Waals surface area (Å²) in [5.41, 5.74) is 4.20. The van der Waals surface area contributed by atoms with Crippen LogP contribution in [0.4, 0.5) is 0 Å². The molecule has 150 valence electrons. The second-order valence-corrected chi connectivity index (χ2v) is 7.58. The van der Waals surface area contributed by atoms with E-state index in [1.165, 1.54) is 0 Å². The van der Waals surface area contributed by atoms with Crippen LogP contribution in [-0.4, -0.2) is 48.6 Å². The molecule has 1 atom stereocenters. The summed E-state index contributed by atoms with van der Waals surface area (Å²) in [6.45, 7) is 6.05. The Bertz CT molecular complexity index is 984. The number of carbonyl (C=O) groups excluding carboxylic acids is 1. The van der Waals surface area contributed by atoms with E-state index in [0.29, 0.717) is 19.5 Å². The highest BCUT2D eigenvalue weighted by atomic mass is 16.2. The van der Waals surface area contributed by atoms with E-state index in [4.69, 9.17) is 4.98 Å². The van der Waals surface area contributed by atoms with Gasteiger partial charge in [-0.25, -0.2) is 9.97 Å². The Hall–Kier alpha value is -3.09. The van der Waals surface area contributed by atoms with Crippen molar-refractivity contribution < 1.29 is 4.79 Å². The zero-order valence-electron chi connectivity index (χ0n) is 17.0. The van der Waals surface area contributed by atoms with E-state index in [1.807, 2.05) is 47.8 Å². The number of piperidine rings is 1. The van der Waals surface area contributed by atoms with Crippen molar-refractivity contribution >= 4 is 5.91 Å². The van der Waals surface area contributed by atoms with E-state index >= 15 is 0 Å². The summed E-state index contributed by atoms with van der Waals surface area (Å²) in [6.07, 6.45) is 9.71. The van der Waals surface area contributed by atoms with E-state index in [-0.39, 0.29) is 11.8 Å². The minimum absolute atomic E-state index is 0.181. The van der Waals surface area contributed by atoms with Crippen molar-refractivity contribution in [1.82, 2.24) is 29.6 Å². The Kier molecular flexibility index (Phi) is 5.64. The van der Waals surface area contributed by atoms with Crippen molar-refractivity contribution in [1.29, 1.82) is 0 Å². The van der Waals surface area contributed by atoms with Crippen molar-refractivity contribution in [2.45, 2.75) is 45.6 Å². The van der Waals surface area contributed by atoms with Crippen molar-refractivity contribution in [3.63, 3.8) is 0 Å². The second-order valence-electron chi connectivity index (χ2n) is 7.58. The van der Waals surface area contributed by atoms with Crippen molar-refractivity contribution in [3.05, 3.63) is 60.2 Å². The van der Waals surface area contributed by atoms with Gasteiger partial charge in [-0.15, -0.1) is 0 Å². The van der Waals surface area contributed by atoms with Crippen LogP contribution in [0.3, 0.4) is 0 Å². The minimum atomic E-state index is 0.181. The maximum absolute atomic E-state index is 12.8. The first kappa shape index (κ1) is 19.2. The van der Waals surface area contributed by atoms with Gasteiger partial charge in [-0.3, -0.25) is 14.5 Å². The molecular weight excluding hydrogens is 364 g/mol. The van der Waals surface area contributed by atoms with E-state index in [9.17, 15) is 4.79 Å². The van der Waals surface area contributed by atoms with Crippen molar-refractivity contribution in [3.8, 4) is 11.1 Å². The van der Waals surface area contributed by atoms with Crippen LogP contribution in [-0.2, 0) is 11.3 Å². The molecule has 4 heterocycles. The van der Waals surface area contributed by atoms with Crippen LogP contribution in [0.15, 0.2) is 43.0 Å². The lowest BCUT2D eigenvalue weighted by atomic mass is 9.90. The molecule has 0 radical (unpaired) electrons. The van der Waals surface area contributed by atoms with Gasteiger partial charge in [0.1, 0.15) is 5.82 Å². The smallest absolute Gasteiger partial charge is 0.224 e. The summed E-state index contributed by atoms with van der Waals surface area (Å²) in [7, 11) is 0. The summed E-state index contributed by atoms with van der Waals surface area (Å²) in [5, 5.41) is 4.27. The predicted molar refractivity (Wildman–Crippen MR) is 110 cm³/mol. The molecule has 29 heavy (non-hydrogen) atoms. The van der Waals surface area contributed by atoms with Crippen molar-refractivity contribution in [2.75, 3.05) is 13.1 Å². The number of carbonyl (C=O) groups is 1. The fourth-order valence-electron chi connectivity index (χ4n) is 3.97. The lowest BCUT2D eigenvalue weighted by Gasteiger charge is -2.33. The van der Waals surface area contributed by atoms with Crippen LogP contribution in [0.1, 0.15) is 42.4 Å². The number of aryl methyl sites for hydroxylation is 3. The van der Waals surface area contributed by atoms with Gasteiger partial charge < -0.3 is 4.90 Å². The molecule has 0 N–H and O–H groups in total. The SMILES string of the molecule is Cc1ncc(-c2ccncc2)c([C@@H]2CCCN(C(=O)CCn3nccc3C)C2)n1. The van der Waals surface area contributed by atoms with Gasteiger partial charge >= 0.3 is 0 Å². The summed E-state index contributed by atoms with van der Waals surface area (Å²) < 4.78 is 1.88. The molecule has 0 saturated carbocycles. The van der Waals surface area contributed by atoms with Crippen LogP contribution >= 0.6 is 0 Å². The molecule has 3 aromatic rings. The fraction of sp³-hybridized carbons (Fsp3) is 0.409. The van der Waals surface area contributed by atoms with Gasteiger partial charge in [-0.1, -0.05) is 0 Å². The zero-order valence-corrected chi connectivity index (χ0v) is 17.0. The molecular formula is C22H26N6O. The summed E-state index contributed by atoms with van der Waals surface area (Å²) >= 11 is 0. The number of pyridine rings is 1. The molecule has 7 heteroatoms. The van der Waals surface area contributed by atoms with Gasteiger partial charge in [-0.05, 0) is 50.5 Å². The largest absolute Gasteiger partial charge is 0.342 e. The Labute approximate surface area is 170 Å². The Morgan fingerprint density at radius 1 is 1.17 bits per heavy atom. The minimum Gasteiger partial charge on any atom is -0.342 e. The highest BCUT2D eigenvalue weighted by Gasteiger charge is 2.27. The fourth-order valence-corrected chi connectivity index (χ4v) is 3.97. The molecule has 0 aliphatic carbocycles. The number of hydrogen-bond donors (Lipinski definition) is 0. The molecule has 4 rings (SSSR count). The number of nitrogens with zero attached hydrogens (tertiary/aromatic N) is 6. The highest BCUT2D eigenvalue weighted by Crippen LogP contribution is 2.33. The zero-order chi connectivity index (χ0) is 20.2. The quantitative estimate of drug-likeness (QED) is 0.669. The van der Waals surface area contributed by atoms with E-state index < -0.39 is 0 Å². The van der Waals surface area contributed by atoms with E-state index in [0.717, 1.165) is 47.7 Å². The Morgan fingerprint density at radius 3 is 2.76 bits per heavy atom. The van der Waals surface area contributed by atoms with Crippen LogP contribution in [0, 0.1) is 13.8 Å². The topological polar surface area (TPSA) is 76.8 Å². The Balaban J connectivity index is 1.50. The summed E-state index contributed by atoms with van der Waals surface area (Å²) in [6, 6.07) is 5.92. The van der Waals surface area contributed by atoms with Crippen LogP contribution in [0.5, 0.6) is 0 Å². The molecule has 1 saturated heterocycles. The predicted octanol–water partition coefficient (Wildman–Crippen LogP) is 3.15. The number of aromatic nitrogens is 5. The first-order chi connectivity index (χ1) is 14.1. The third-order valence-corrected chi connectivity index (χ3v) is 5.56. The summed E-state index contributed by atoms with van der Waals surface area (Å²) in [4.78, 5) is 28.1. The number of likely N-dealkylation sites (tertiary alicyclic amines) is 1. The number of rotatable bonds is 5. The van der Waals surface area contributed by atoms with Gasteiger partial charge in [0.2, 0.25) is 5.91 Å². The monoisotopic (exact) mass is 390 g/mol. The van der Waals surface area contributed by atoms with E-state index in [2.05, 4.69) is 15.1 Å². The molecule has 1 fully saturated rings. The normalized spacial score (nSPS) is 16.8. The molecule has 3 aromatic heterocycles. The van der Waals surface area contributed by atoms with Gasteiger partial charge in [0.05, 0.1) is 5.69 Å². The number of hydrogen-bond acceptors (Lipinski definition) is 5. The van der Waals surface area contributed by atoms with Gasteiger partial charge in [0.25, 0.3) is 0 Å². The van der Waals surface area contributed by atoms with Gasteiger partial charge in [0.15, 0.2) is 0 Å². The van der Waals surface area contributed by atoms with Crippen LogP contribution < -0.4 is 0 Å². The number of amides is 1. The maximum atomic E-state index is 12.8. The highest BCUT2D eigenvalue weighted by molar-refractivity contribution is 5.76. The van der Waals surface area contributed by atoms with Gasteiger partial charge in [0, 0.05) is 68.0 Å². The molecule has 0 unspecified atom stereocenters. The third-order valence-electron chi connectivity index (χ3n) is 5.56. The second kappa shape index (κ2) is 8.51. The average Bonchev–Trinajstić information content (AvgIpc) is 3.17. The molecule has 1 aliphatic heterocycles. The lowest BCUT2D eigenvalue weighted by Crippen LogP contribution is -2.39. The van der Waals surface area contributed by atoms with E-state index in [1.54, 1.807) is 18.6 Å². The first-order valence-electron chi connectivity index (χ1n) is 10.1. The maximum Gasteiger partial charge on any atom is 0.224 e. The van der Waals surface area contributed by atoms with Gasteiger partial charge in [-0.2, -0.15) is 5.10 Å². The standard InChI is InChI=1S/C22H26N6O/c1-16-5-11-25-28(16)13-8-21(29)27-12-3-4-19(15-27)22-20(14-24-17(2)26-22)18-6-9-23-10-7-18/h5-7,9-11,14,19H,3-4,8,12-13,15H2,1-2H3/t19-/m1/s1. The molecule has 0 aromatic carbocycles. The lowest BCUT2D eigenvalue weighted by molar-refractivity contribution is -0.132. The average molecular weight is 390 g/mol. The molecule has 1 aliphatic rings. The van der Waals surface area contributed by atoms with Crippen molar-refractivity contribution in [2.24, 2.45) is 0 Å². The summed E-state index contributed by atoms with van der Waals surface area (Å²) in [5.74, 6) is 1.15.